The van der Waals surface area contributed by atoms with Crippen molar-refractivity contribution in [2.24, 2.45) is 5.10 Å². The van der Waals surface area contributed by atoms with E-state index in [2.05, 4.69) is 31.4 Å². The van der Waals surface area contributed by atoms with Crippen molar-refractivity contribution in [3.8, 4) is 11.1 Å². The lowest BCUT2D eigenvalue weighted by Crippen LogP contribution is -2.18. The average Bonchev–Trinajstić information content (AvgIpc) is 3.13. The molecule has 0 aliphatic heterocycles. The van der Waals surface area contributed by atoms with E-state index in [1.165, 1.54) is 18.3 Å². The van der Waals surface area contributed by atoms with Crippen molar-refractivity contribution in [2.45, 2.75) is 0 Å². The molecule has 0 atom stereocenters. The highest BCUT2D eigenvalue weighted by Crippen LogP contribution is 2.34. The number of aromatic amines is 1. The van der Waals surface area contributed by atoms with Crippen LogP contribution in [-0.4, -0.2) is 22.0 Å². The number of fused-ring (bicyclic) bond motifs is 1. The molecule has 1 heterocycles. The maximum atomic E-state index is 12.9. The number of hydrogen-bond donors (Lipinski definition) is 2. The zero-order valence-electron chi connectivity index (χ0n) is 15.5. The summed E-state index contributed by atoms with van der Waals surface area (Å²) in [7, 11) is 0. The predicted octanol–water partition coefficient (Wildman–Crippen LogP) is 5.27. The van der Waals surface area contributed by atoms with Gasteiger partial charge in [-0.1, -0.05) is 46.3 Å². The molecule has 7 nitrogen and oxygen atoms in total. The Morgan fingerprint density at radius 1 is 1.07 bits per heavy atom. The Balaban J connectivity index is 1.64. The number of hydrogen-bond acceptors (Lipinski definition) is 4. The molecule has 0 aliphatic carbocycles. The molecule has 0 saturated heterocycles. The Kier molecular flexibility index (Phi) is 5.40. The van der Waals surface area contributed by atoms with Gasteiger partial charge in [0.25, 0.3) is 11.6 Å². The quantitative estimate of drug-likeness (QED) is 0.240. The summed E-state index contributed by atoms with van der Waals surface area (Å²) in [6.07, 6.45) is 1.43. The Morgan fingerprint density at radius 3 is 2.50 bits per heavy atom. The number of aromatic nitrogens is 1. The van der Waals surface area contributed by atoms with Gasteiger partial charge in [0.1, 0.15) is 5.69 Å². The van der Waals surface area contributed by atoms with Crippen molar-refractivity contribution < 1.29 is 9.72 Å². The lowest BCUT2D eigenvalue weighted by Gasteiger charge is -2.04. The maximum Gasteiger partial charge on any atom is 0.288 e. The van der Waals surface area contributed by atoms with E-state index in [-0.39, 0.29) is 11.6 Å². The van der Waals surface area contributed by atoms with Crippen molar-refractivity contribution in [3.63, 3.8) is 0 Å². The fourth-order valence-corrected chi connectivity index (χ4v) is 3.50. The molecule has 0 unspecified atom stereocenters. The second kappa shape index (κ2) is 8.30. The van der Waals surface area contributed by atoms with E-state index in [4.69, 9.17) is 0 Å². The van der Waals surface area contributed by atoms with Gasteiger partial charge in [-0.3, -0.25) is 14.9 Å². The third kappa shape index (κ3) is 3.99. The summed E-state index contributed by atoms with van der Waals surface area (Å²) in [4.78, 5) is 26.3. The Hall–Kier alpha value is -3.78. The topological polar surface area (TPSA) is 100 Å². The average molecular weight is 463 g/mol. The minimum absolute atomic E-state index is 0.00655. The van der Waals surface area contributed by atoms with Crippen molar-refractivity contribution in [1.82, 2.24) is 10.4 Å². The highest BCUT2D eigenvalue weighted by molar-refractivity contribution is 9.10. The lowest BCUT2D eigenvalue weighted by atomic mass is 10.0. The van der Waals surface area contributed by atoms with Crippen molar-refractivity contribution in [2.75, 3.05) is 0 Å². The van der Waals surface area contributed by atoms with E-state index in [0.29, 0.717) is 11.3 Å². The van der Waals surface area contributed by atoms with Gasteiger partial charge in [-0.15, -0.1) is 0 Å². The number of amides is 1. The largest absolute Gasteiger partial charge is 0.350 e. The molecule has 3 aromatic carbocycles. The minimum Gasteiger partial charge on any atom is -0.350 e. The van der Waals surface area contributed by atoms with Gasteiger partial charge in [0.15, 0.2) is 0 Å². The molecule has 4 aromatic rings. The standard InChI is InChI=1S/C22H15BrN4O3/c23-16-8-11-19-18(12-16)20(15-4-2-1-3-5-15)21(25-19)22(28)26-24-13-14-6-9-17(10-7-14)27(29)30/h1-13,25H,(H,26,28)/b24-13-. The lowest BCUT2D eigenvalue weighted by molar-refractivity contribution is -0.384. The number of rotatable bonds is 5. The number of nitrogens with one attached hydrogen (secondary N) is 2. The monoisotopic (exact) mass is 462 g/mol. The molecule has 8 heteroatoms. The van der Waals surface area contributed by atoms with Crippen LogP contribution in [-0.2, 0) is 0 Å². The first-order valence-electron chi connectivity index (χ1n) is 8.97. The third-order valence-corrected chi connectivity index (χ3v) is 5.03. The molecule has 0 spiro atoms. The number of halogens is 1. The van der Waals surface area contributed by atoms with Crippen molar-refractivity contribution in [1.29, 1.82) is 0 Å². The summed E-state index contributed by atoms with van der Waals surface area (Å²) in [6.45, 7) is 0. The normalized spacial score (nSPS) is 11.1. The summed E-state index contributed by atoms with van der Waals surface area (Å²) in [6, 6.07) is 21.3. The number of benzene rings is 3. The summed E-state index contributed by atoms with van der Waals surface area (Å²) in [5.74, 6) is -0.390. The van der Waals surface area contributed by atoms with Crippen LogP contribution in [0, 0.1) is 10.1 Å². The molecule has 0 aliphatic rings. The van der Waals surface area contributed by atoms with Crippen LogP contribution in [0.2, 0.25) is 0 Å². The predicted molar refractivity (Wildman–Crippen MR) is 120 cm³/mol. The summed E-state index contributed by atoms with van der Waals surface area (Å²) in [5.41, 5.74) is 6.08. The molecule has 2 N–H and O–H groups in total. The molecule has 1 aromatic heterocycles. The van der Waals surface area contributed by atoms with Gasteiger partial charge in [-0.2, -0.15) is 5.10 Å². The van der Waals surface area contributed by atoms with Gasteiger partial charge in [0.05, 0.1) is 11.1 Å². The molecule has 148 valence electrons. The Bertz CT molecular complexity index is 1270. The van der Waals surface area contributed by atoms with E-state index >= 15 is 0 Å². The zero-order valence-corrected chi connectivity index (χ0v) is 17.1. The number of H-pyrrole nitrogens is 1. The number of hydrazone groups is 1. The highest BCUT2D eigenvalue weighted by atomic mass is 79.9. The molecular weight excluding hydrogens is 448 g/mol. The smallest absolute Gasteiger partial charge is 0.288 e. The van der Waals surface area contributed by atoms with E-state index in [1.54, 1.807) is 12.1 Å². The first-order valence-corrected chi connectivity index (χ1v) is 9.77. The molecule has 0 saturated carbocycles. The van der Waals surface area contributed by atoms with E-state index in [1.807, 2.05) is 48.5 Å². The van der Waals surface area contributed by atoms with Crippen LogP contribution in [0.15, 0.2) is 82.4 Å². The number of non-ortho nitro benzene ring substituents is 1. The maximum absolute atomic E-state index is 12.9. The van der Waals surface area contributed by atoms with E-state index in [9.17, 15) is 14.9 Å². The van der Waals surface area contributed by atoms with Crippen LogP contribution in [0.3, 0.4) is 0 Å². The van der Waals surface area contributed by atoms with Gasteiger partial charge in [-0.05, 0) is 41.5 Å². The third-order valence-electron chi connectivity index (χ3n) is 4.53. The van der Waals surface area contributed by atoms with Gasteiger partial charge in [0.2, 0.25) is 0 Å². The fraction of sp³-hybridized carbons (Fsp3) is 0. The Labute approximate surface area is 179 Å². The molecule has 0 bridgehead atoms. The second-order valence-corrected chi connectivity index (χ2v) is 7.39. The van der Waals surface area contributed by atoms with Crippen LogP contribution in [0.5, 0.6) is 0 Å². The van der Waals surface area contributed by atoms with Gasteiger partial charge in [0, 0.05) is 33.1 Å². The van der Waals surface area contributed by atoms with Gasteiger partial charge in [-0.25, -0.2) is 5.43 Å². The van der Waals surface area contributed by atoms with Crippen molar-refractivity contribution in [3.05, 3.63) is 98.6 Å². The van der Waals surface area contributed by atoms with Gasteiger partial charge < -0.3 is 4.98 Å². The number of nitro groups is 1. The van der Waals surface area contributed by atoms with Crippen LogP contribution >= 0.6 is 15.9 Å². The van der Waals surface area contributed by atoms with Crippen LogP contribution < -0.4 is 5.43 Å². The van der Waals surface area contributed by atoms with Crippen LogP contribution in [0.4, 0.5) is 5.69 Å². The van der Waals surface area contributed by atoms with E-state index in [0.717, 1.165) is 26.5 Å². The fourth-order valence-electron chi connectivity index (χ4n) is 3.14. The SMILES string of the molecule is O=C(N/N=C\c1ccc([N+](=O)[O-])cc1)c1[nH]c2ccc(Br)cc2c1-c1ccccc1. The van der Waals surface area contributed by atoms with Crippen LogP contribution in [0.1, 0.15) is 16.1 Å². The molecule has 0 fully saturated rings. The molecule has 0 radical (unpaired) electrons. The first-order chi connectivity index (χ1) is 14.5. The zero-order chi connectivity index (χ0) is 21.1. The first kappa shape index (κ1) is 19.5. The summed E-state index contributed by atoms with van der Waals surface area (Å²) >= 11 is 3.49. The number of nitro benzene ring substituents is 1. The van der Waals surface area contributed by atoms with Crippen LogP contribution in [0.25, 0.3) is 22.0 Å². The molecule has 30 heavy (non-hydrogen) atoms. The summed E-state index contributed by atoms with van der Waals surface area (Å²) < 4.78 is 0.911. The number of nitrogens with zero attached hydrogens (tertiary/aromatic N) is 2. The number of carbonyl (C=O) groups is 1. The van der Waals surface area contributed by atoms with Gasteiger partial charge >= 0.3 is 0 Å². The number of carbonyl (C=O) groups excluding carboxylic acids is 1. The molecule has 1 amide bonds. The minimum atomic E-state index is -0.470. The Morgan fingerprint density at radius 2 is 1.80 bits per heavy atom. The highest BCUT2D eigenvalue weighted by Gasteiger charge is 2.19. The molecular formula is C22H15BrN4O3. The molecule has 4 rings (SSSR count). The van der Waals surface area contributed by atoms with E-state index < -0.39 is 4.92 Å². The summed E-state index contributed by atoms with van der Waals surface area (Å²) in [5, 5.41) is 15.6. The van der Waals surface area contributed by atoms with Crippen molar-refractivity contribution >= 4 is 44.6 Å². The second-order valence-electron chi connectivity index (χ2n) is 6.48.